The van der Waals surface area contributed by atoms with Crippen LogP contribution < -0.4 is 5.32 Å². The molecule has 1 aliphatic rings. The van der Waals surface area contributed by atoms with Crippen molar-refractivity contribution in [2.24, 2.45) is 5.92 Å². The molecule has 1 aliphatic heterocycles. The van der Waals surface area contributed by atoms with E-state index in [4.69, 9.17) is 0 Å². The molecule has 2 unspecified atom stereocenters. The molecule has 82 valence electrons. The molecule has 1 heterocycles. The van der Waals surface area contributed by atoms with Gasteiger partial charge in [0.1, 0.15) is 0 Å². The van der Waals surface area contributed by atoms with E-state index in [1.165, 1.54) is 36.1 Å². The quantitative estimate of drug-likeness (QED) is 0.738. The number of hydrogen-bond donors (Lipinski definition) is 1. The van der Waals surface area contributed by atoms with Gasteiger partial charge in [-0.15, -0.1) is 0 Å². The average molecular weight is 203 g/mol. The van der Waals surface area contributed by atoms with Gasteiger partial charge in [-0.25, -0.2) is 0 Å². The van der Waals surface area contributed by atoms with E-state index in [0.29, 0.717) is 6.04 Å². The summed E-state index contributed by atoms with van der Waals surface area (Å²) in [6, 6.07) is 7.38. The van der Waals surface area contributed by atoms with E-state index < -0.39 is 0 Å². The maximum Gasteiger partial charge on any atom is 0.0348 e. The lowest BCUT2D eigenvalue weighted by Gasteiger charge is -2.31. The predicted molar refractivity (Wildman–Crippen MR) is 65.1 cm³/mol. The van der Waals surface area contributed by atoms with Crippen molar-refractivity contribution < 1.29 is 0 Å². The van der Waals surface area contributed by atoms with Crippen molar-refractivity contribution in [2.75, 3.05) is 6.54 Å². The first kappa shape index (κ1) is 10.7. The number of rotatable bonds is 1. The average Bonchev–Trinajstić information content (AvgIpc) is 2.20. The summed E-state index contributed by atoms with van der Waals surface area (Å²) in [6.07, 6.45) is 2.67. The SMILES string of the molecule is Cc1ccc(C2NCCCC2C)c(C)c1. The zero-order valence-corrected chi connectivity index (χ0v) is 10.0. The molecule has 1 heteroatoms. The third-order valence-corrected chi connectivity index (χ3v) is 3.53. The van der Waals surface area contributed by atoms with Gasteiger partial charge in [0.25, 0.3) is 0 Å². The summed E-state index contributed by atoms with van der Waals surface area (Å²) in [6.45, 7) is 7.91. The highest BCUT2D eigenvalue weighted by molar-refractivity contribution is 5.33. The normalized spacial score (nSPS) is 26.6. The highest BCUT2D eigenvalue weighted by atomic mass is 14.9. The first-order chi connectivity index (χ1) is 7.18. The van der Waals surface area contributed by atoms with Gasteiger partial charge in [-0.3, -0.25) is 0 Å². The molecule has 0 aromatic heterocycles. The largest absolute Gasteiger partial charge is 0.310 e. The second-order valence-electron chi connectivity index (χ2n) is 4.91. The summed E-state index contributed by atoms with van der Waals surface area (Å²) in [7, 11) is 0. The van der Waals surface area contributed by atoms with Gasteiger partial charge in [0.15, 0.2) is 0 Å². The van der Waals surface area contributed by atoms with Crippen molar-refractivity contribution in [1.82, 2.24) is 5.32 Å². The van der Waals surface area contributed by atoms with Gasteiger partial charge in [0, 0.05) is 6.04 Å². The highest BCUT2D eigenvalue weighted by Gasteiger charge is 2.23. The molecule has 1 N–H and O–H groups in total. The number of hydrogen-bond acceptors (Lipinski definition) is 1. The van der Waals surface area contributed by atoms with Crippen LogP contribution in [0.25, 0.3) is 0 Å². The molecule has 1 fully saturated rings. The molecular weight excluding hydrogens is 182 g/mol. The number of nitrogens with one attached hydrogen (secondary N) is 1. The van der Waals surface area contributed by atoms with Gasteiger partial charge in [0.2, 0.25) is 0 Å². The minimum absolute atomic E-state index is 0.569. The second-order valence-corrected chi connectivity index (χ2v) is 4.91. The number of aryl methyl sites for hydroxylation is 2. The van der Waals surface area contributed by atoms with Gasteiger partial charge < -0.3 is 5.32 Å². The van der Waals surface area contributed by atoms with Gasteiger partial charge in [-0.1, -0.05) is 30.7 Å². The van der Waals surface area contributed by atoms with Gasteiger partial charge >= 0.3 is 0 Å². The van der Waals surface area contributed by atoms with Crippen LogP contribution in [0.4, 0.5) is 0 Å². The Balaban J connectivity index is 2.27. The lowest BCUT2D eigenvalue weighted by molar-refractivity contribution is 0.305. The zero-order valence-electron chi connectivity index (χ0n) is 10.0. The fraction of sp³-hybridized carbons (Fsp3) is 0.571. The molecule has 1 nitrogen and oxygen atoms in total. The first-order valence-electron chi connectivity index (χ1n) is 5.99. The lowest BCUT2D eigenvalue weighted by atomic mass is 9.85. The second kappa shape index (κ2) is 4.36. The molecule has 0 saturated carbocycles. The molecule has 0 aliphatic carbocycles. The molecular formula is C14H21N. The van der Waals surface area contributed by atoms with E-state index in [2.05, 4.69) is 44.3 Å². The monoisotopic (exact) mass is 203 g/mol. The Hall–Kier alpha value is -0.820. The Bertz CT molecular complexity index is 343. The van der Waals surface area contributed by atoms with Gasteiger partial charge in [0.05, 0.1) is 0 Å². The smallest absolute Gasteiger partial charge is 0.0348 e. The summed E-state index contributed by atoms with van der Waals surface area (Å²) in [5.41, 5.74) is 4.29. The maximum atomic E-state index is 3.65. The van der Waals surface area contributed by atoms with E-state index in [-0.39, 0.29) is 0 Å². The van der Waals surface area contributed by atoms with Crippen LogP contribution in [0, 0.1) is 19.8 Å². The Kier molecular flexibility index (Phi) is 3.11. The van der Waals surface area contributed by atoms with Crippen LogP contribution in [-0.2, 0) is 0 Å². The van der Waals surface area contributed by atoms with Crippen molar-refractivity contribution in [2.45, 2.75) is 39.7 Å². The van der Waals surface area contributed by atoms with Crippen LogP contribution in [0.2, 0.25) is 0 Å². The van der Waals surface area contributed by atoms with Crippen LogP contribution in [0.15, 0.2) is 18.2 Å². The lowest BCUT2D eigenvalue weighted by Crippen LogP contribution is -2.33. The van der Waals surface area contributed by atoms with Gasteiger partial charge in [-0.2, -0.15) is 0 Å². The van der Waals surface area contributed by atoms with Crippen LogP contribution in [0.3, 0.4) is 0 Å². The number of benzene rings is 1. The summed E-state index contributed by atoms with van der Waals surface area (Å²) in [5.74, 6) is 0.764. The van der Waals surface area contributed by atoms with Gasteiger partial charge in [-0.05, 0) is 50.3 Å². The fourth-order valence-electron chi connectivity index (χ4n) is 2.64. The highest BCUT2D eigenvalue weighted by Crippen LogP contribution is 2.30. The molecule has 0 amide bonds. The predicted octanol–water partition coefficient (Wildman–Crippen LogP) is 3.36. The van der Waals surface area contributed by atoms with E-state index in [1.54, 1.807) is 0 Å². The molecule has 2 rings (SSSR count). The van der Waals surface area contributed by atoms with E-state index in [0.717, 1.165) is 5.92 Å². The molecule has 1 saturated heterocycles. The molecule has 1 aromatic carbocycles. The van der Waals surface area contributed by atoms with Crippen molar-refractivity contribution in [1.29, 1.82) is 0 Å². The third kappa shape index (κ3) is 2.23. The summed E-state index contributed by atoms with van der Waals surface area (Å²) in [5, 5.41) is 3.65. The van der Waals surface area contributed by atoms with Crippen LogP contribution in [0.5, 0.6) is 0 Å². The topological polar surface area (TPSA) is 12.0 Å². The molecule has 0 spiro atoms. The van der Waals surface area contributed by atoms with Crippen molar-refractivity contribution in [3.8, 4) is 0 Å². The molecule has 2 atom stereocenters. The number of piperidine rings is 1. The van der Waals surface area contributed by atoms with Crippen molar-refractivity contribution in [3.63, 3.8) is 0 Å². The van der Waals surface area contributed by atoms with Crippen molar-refractivity contribution in [3.05, 3.63) is 34.9 Å². The molecule has 1 aromatic rings. The molecule has 15 heavy (non-hydrogen) atoms. The first-order valence-corrected chi connectivity index (χ1v) is 5.99. The van der Waals surface area contributed by atoms with E-state index >= 15 is 0 Å². The zero-order chi connectivity index (χ0) is 10.8. The minimum Gasteiger partial charge on any atom is -0.310 e. The molecule has 0 radical (unpaired) electrons. The standard InChI is InChI=1S/C14H21N/c1-10-6-7-13(12(3)9-10)14-11(2)5-4-8-15-14/h6-7,9,11,14-15H,4-5,8H2,1-3H3. The third-order valence-electron chi connectivity index (χ3n) is 3.53. The summed E-state index contributed by atoms with van der Waals surface area (Å²) >= 11 is 0. The Labute approximate surface area is 92.9 Å². The Morgan fingerprint density at radius 3 is 2.73 bits per heavy atom. The summed E-state index contributed by atoms with van der Waals surface area (Å²) in [4.78, 5) is 0. The van der Waals surface area contributed by atoms with Crippen LogP contribution in [0.1, 0.15) is 42.5 Å². The maximum absolute atomic E-state index is 3.65. The Morgan fingerprint density at radius 1 is 1.27 bits per heavy atom. The van der Waals surface area contributed by atoms with Crippen molar-refractivity contribution >= 4 is 0 Å². The Morgan fingerprint density at radius 2 is 2.07 bits per heavy atom. The minimum atomic E-state index is 0.569. The van der Waals surface area contributed by atoms with E-state index in [9.17, 15) is 0 Å². The summed E-state index contributed by atoms with van der Waals surface area (Å²) < 4.78 is 0. The fourth-order valence-corrected chi connectivity index (χ4v) is 2.64. The van der Waals surface area contributed by atoms with E-state index in [1.807, 2.05) is 0 Å². The van der Waals surface area contributed by atoms with Crippen LogP contribution >= 0.6 is 0 Å². The molecule has 0 bridgehead atoms. The van der Waals surface area contributed by atoms with Crippen LogP contribution in [-0.4, -0.2) is 6.54 Å².